The Kier molecular flexibility index (Phi) is 8.71. The van der Waals surface area contributed by atoms with Gasteiger partial charge in [0.2, 0.25) is 6.10 Å². The summed E-state index contributed by atoms with van der Waals surface area (Å²) >= 11 is 0. The molecule has 7 heteroatoms. The zero-order valence-electron chi connectivity index (χ0n) is 28.3. The Morgan fingerprint density at radius 2 is 1.10 bits per heavy atom. The summed E-state index contributed by atoms with van der Waals surface area (Å²) in [4.78, 5) is 30.2. The average molecular weight is 683 g/mol. The maximum Gasteiger partial charge on any atom is 0.392 e. The number of rotatable bonds is 9. The van der Waals surface area contributed by atoms with E-state index in [-0.39, 0.29) is 11.0 Å². The van der Waals surface area contributed by atoms with Gasteiger partial charge in [-0.1, -0.05) is 99.6 Å². The fourth-order valence-corrected chi connectivity index (χ4v) is 11.8. The molecule has 4 nitrogen and oxygen atoms in total. The van der Waals surface area contributed by atoms with Crippen LogP contribution < -0.4 is 0 Å². The van der Waals surface area contributed by atoms with Gasteiger partial charge in [-0.15, -0.1) is 0 Å². The van der Waals surface area contributed by atoms with Crippen LogP contribution in [0, 0.1) is 23.2 Å². The van der Waals surface area contributed by atoms with E-state index in [1.54, 1.807) is 18.2 Å². The molecule has 4 aromatic carbocycles. The highest BCUT2D eigenvalue weighted by molar-refractivity contribution is 8.30. The van der Waals surface area contributed by atoms with Crippen molar-refractivity contribution >= 4 is 22.2 Å². The molecule has 49 heavy (non-hydrogen) atoms. The van der Waals surface area contributed by atoms with Gasteiger partial charge in [0.05, 0.1) is 5.41 Å². The van der Waals surface area contributed by atoms with E-state index in [0.717, 1.165) is 24.8 Å². The monoisotopic (exact) mass is 682 g/mol. The Morgan fingerprint density at radius 1 is 0.673 bits per heavy atom. The lowest BCUT2D eigenvalue weighted by Crippen LogP contribution is -2.51. The maximum absolute atomic E-state index is 17.1. The quantitative estimate of drug-likeness (QED) is 0.165. The molecule has 0 aliphatic heterocycles. The molecular weight excluding hydrogens is 639 g/mol. The molecule has 256 valence electrons. The van der Waals surface area contributed by atoms with Crippen molar-refractivity contribution in [2.45, 2.75) is 91.4 Å². The molecule has 0 radical (unpaired) electrons. The zero-order chi connectivity index (χ0) is 34.4. The minimum absolute atomic E-state index is 0.0529. The number of hydrogen-bond acceptors (Lipinski definition) is 4. The van der Waals surface area contributed by atoms with E-state index < -0.39 is 39.7 Å². The number of alkyl halides is 2. The molecular formula is C42H44F2O4S. The minimum atomic E-state index is -4.20. The molecule has 1 unspecified atom stereocenters. The molecule has 0 aromatic heterocycles. The first-order valence-electron chi connectivity index (χ1n) is 17.3. The van der Waals surface area contributed by atoms with Gasteiger partial charge < -0.3 is 8.92 Å². The third-order valence-electron chi connectivity index (χ3n) is 10.8. The van der Waals surface area contributed by atoms with Gasteiger partial charge in [-0.25, -0.2) is 4.79 Å². The van der Waals surface area contributed by atoms with Gasteiger partial charge in [0.1, 0.15) is 0 Å². The predicted molar refractivity (Wildman–Crippen MR) is 187 cm³/mol. The molecule has 4 bridgehead atoms. The summed E-state index contributed by atoms with van der Waals surface area (Å²) in [6, 6.07) is 33.8. The van der Waals surface area contributed by atoms with Crippen LogP contribution >= 0.6 is 10.3 Å². The van der Waals surface area contributed by atoms with Crippen molar-refractivity contribution in [2.75, 3.05) is 0 Å². The Bertz CT molecular complexity index is 1710. The molecule has 0 N–H and O–H groups in total. The smallest absolute Gasteiger partial charge is 0.392 e. The van der Waals surface area contributed by atoms with Gasteiger partial charge in [0, 0.05) is 14.7 Å². The molecule has 4 aliphatic rings. The molecule has 0 amide bonds. The van der Waals surface area contributed by atoms with Crippen LogP contribution in [0.1, 0.15) is 76.5 Å². The predicted octanol–water partition coefficient (Wildman–Crippen LogP) is 10.9. The molecule has 1 atom stereocenters. The van der Waals surface area contributed by atoms with E-state index >= 15 is 8.78 Å². The van der Waals surface area contributed by atoms with Crippen LogP contribution in [0.4, 0.5) is 8.78 Å². The second kappa shape index (κ2) is 12.7. The van der Waals surface area contributed by atoms with E-state index in [2.05, 4.69) is 20.8 Å². The number of carbonyl (C=O) groups is 2. The number of benzene rings is 4. The topological polar surface area (TPSA) is 52.6 Å². The molecule has 4 fully saturated rings. The first kappa shape index (κ1) is 33.5. The molecule has 4 aromatic rings. The van der Waals surface area contributed by atoms with Gasteiger partial charge in [-0.3, -0.25) is 4.79 Å². The van der Waals surface area contributed by atoms with Crippen molar-refractivity contribution in [2.24, 2.45) is 23.2 Å². The van der Waals surface area contributed by atoms with E-state index in [0.29, 0.717) is 51.7 Å². The van der Waals surface area contributed by atoms with Gasteiger partial charge in [0.25, 0.3) is 0 Å². The first-order chi connectivity index (χ1) is 23.4. The van der Waals surface area contributed by atoms with Crippen molar-refractivity contribution in [1.29, 1.82) is 0 Å². The normalized spacial score (nSPS) is 24.2. The Hall–Kier alpha value is -3.97. The average Bonchev–Trinajstić information content (AvgIpc) is 3.09. The molecule has 4 aliphatic carbocycles. The number of carbonyl (C=O) groups excluding carboxylic acids is 2. The summed E-state index contributed by atoms with van der Waals surface area (Å²) < 4.78 is 46.4. The van der Waals surface area contributed by atoms with E-state index in [1.807, 2.05) is 84.9 Å². The van der Waals surface area contributed by atoms with Crippen LogP contribution in [-0.4, -0.2) is 17.9 Å². The van der Waals surface area contributed by atoms with Crippen LogP contribution in [0.15, 0.2) is 130 Å². The second-order valence-electron chi connectivity index (χ2n) is 15.3. The summed E-state index contributed by atoms with van der Waals surface area (Å²) in [5, 5.41) is 0. The van der Waals surface area contributed by atoms with Crippen molar-refractivity contribution < 1.29 is 27.3 Å². The van der Waals surface area contributed by atoms with Crippen LogP contribution in [0.5, 0.6) is 0 Å². The molecule has 0 spiro atoms. The summed E-state index contributed by atoms with van der Waals surface area (Å²) in [5.41, 5.74) is 0.184. The number of hydrogen-bond donors (Lipinski definition) is 0. The molecule has 0 heterocycles. The van der Waals surface area contributed by atoms with Crippen molar-refractivity contribution in [3.8, 4) is 0 Å². The summed E-state index contributed by atoms with van der Waals surface area (Å²) in [6.07, 6.45) is 3.13. The summed E-state index contributed by atoms with van der Waals surface area (Å²) in [5.74, 6) is -5.29. The van der Waals surface area contributed by atoms with Crippen LogP contribution in [0.2, 0.25) is 0 Å². The van der Waals surface area contributed by atoms with Gasteiger partial charge in [0.15, 0.2) is 0 Å². The Balaban J connectivity index is 1.30. The second-order valence-corrected chi connectivity index (χ2v) is 18.0. The van der Waals surface area contributed by atoms with Crippen molar-refractivity contribution in [3.63, 3.8) is 0 Å². The lowest BCUT2D eigenvalue weighted by atomic mass is 9.49. The number of halogens is 2. The Labute approximate surface area is 289 Å². The highest BCUT2D eigenvalue weighted by Gasteiger charge is 2.59. The highest BCUT2D eigenvalue weighted by atomic mass is 32.3. The number of esters is 1. The van der Waals surface area contributed by atoms with Crippen molar-refractivity contribution in [3.05, 3.63) is 126 Å². The molecule has 8 rings (SSSR count). The number of ether oxygens (including phenoxy) is 1. The fourth-order valence-electron chi connectivity index (χ4n) is 8.77. The van der Waals surface area contributed by atoms with E-state index in [1.165, 1.54) is 12.1 Å². The lowest BCUT2D eigenvalue weighted by molar-refractivity contribution is -0.205. The van der Waals surface area contributed by atoms with Crippen LogP contribution in [0.25, 0.3) is 0 Å². The minimum Gasteiger partial charge on any atom is -0.450 e. The third-order valence-corrected chi connectivity index (χ3v) is 14.0. The lowest BCUT2D eigenvalue weighted by Gasteiger charge is -2.55. The molecule has 0 saturated heterocycles. The van der Waals surface area contributed by atoms with Crippen LogP contribution in [0.3, 0.4) is 0 Å². The van der Waals surface area contributed by atoms with E-state index in [9.17, 15) is 9.59 Å². The SMILES string of the molecule is CC(C)(C)c1ccc(S(OC(=O)C(F)(F)C(OC(=O)C23CC4CC(CC(C4)C2)C3)c2ccccc2)(c2ccccc2)c2ccccc2)cc1. The highest BCUT2D eigenvalue weighted by Crippen LogP contribution is 2.70. The van der Waals surface area contributed by atoms with Gasteiger partial charge in [-0.2, -0.15) is 8.78 Å². The standard InChI is InChI=1S/C42H44F2O4S/c1-40(2,3)33-19-21-36(22-20-33)49(34-15-9-5-10-16-34,35-17-11-6-12-18-35)48-39(46)42(43,44)37(32-13-7-4-8-14-32)47-38(45)41-26-29-23-30(27-41)25-31(24-29)28-41/h4-22,29-31,37H,23-28H2,1-3H3. The van der Waals surface area contributed by atoms with Crippen molar-refractivity contribution in [1.82, 2.24) is 0 Å². The summed E-state index contributed by atoms with van der Waals surface area (Å²) in [6.45, 7) is 6.31. The zero-order valence-corrected chi connectivity index (χ0v) is 29.1. The Morgan fingerprint density at radius 3 is 1.55 bits per heavy atom. The summed E-state index contributed by atoms with van der Waals surface area (Å²) in [7, 11) is -3.03. The van der Waals surface area contributed by atoms with Gasteiger partial charge in [-0.05, 0) is 120 Å². The largest absolute Gasteiger partial charge is 0.450 e. The first-order valence-corrected chi connectivity index (χ1v) is 18.9. The maximum atomic E-state index is 17.1. The fraction of sp³-hybridized carbons (Fsp3) is 0.381. The van der Waals surface area contributed by atoms with Gasteiger partial charge >= 0.3 is 17.9 Å². The third kappa shape index (κ3) is 6.20. The van der Waals surface area contributed by atoms with E-state index in [4.69, 9.17) is 8.92 Å². The molecule has 4 saturated carbocycles. The van der Waals surface area contributed by atoms with Crippen LogP contribution in [-0.2, 0) is 23.9 Å².